The zero-order valence-electron chi connectivity index (χ0n) is 12.5. The lowest BCUT2D eigenvalue weighted by Crippen LogP contribution is -2.49. The van der Waals surface area contributed by atoms with Gasteiger partial charge in [0.15, 0.2) is 0 Å². The van der Waals surface area contributed by atoms with E-state index in [0.29, 0.717) is 23.6 Å². The molecule has 11 heteroatoms. The molecule has 2 fully saturated rings. The fourth-order valence-corrected chi connectivity index (χ4v) is 3.29. The molecule has 2 aliphatic rings. The van der Waals surface area contributed by atoms with Crippen LogP contribution in [0.25, 0.3) is 0 Å². The Morgan fingerprint density at radius 2 is 2.21 bits per heavy atom. The number of hydrogen-bond acceptors (Lipinski definition) is 6. The molecule has 130 valence electrons. The molecule has 2 saturated heterocycles. The number of piperidine rings is 1. The molecular formula is C13H16N4O6S. The van der Waals surface area contributed by atoms with Crippen molar-refractivity contribution in [2.45, 2.75) is 31.5 Å². The van der Waals surface area contributed by atoms with Crippen molar-refractivity contribution in [1.29, 1.82) is 0 Å². The molecule has 2 bridgehead atoms. The van der Waals surface area contributed by atoms with Crippen molar-refractivity contribution in [3.63, 3.8) is 0 Å². The number of nitrogens with zero attached hydrogens (tertiary/aromatic N) is 3. The van der Waals surface area contributed by atoms with E-state index in [0.717, 1.165) is 0 Å². The van der Waals surface area contributed by atoms with Gasteiger partial charge in [-0.3, -0.25) is 14.3 Å². The number of fused-ring (bicyclic) bond motifs is 2. The van der Waals surface area contributed by atoms with Gasteiger partial charge in [0.1, 0.15) is 6.04 Å². The van der Waals surface area contributed by atoms with Crippen molar-refractivity contribution >= 4 is 22.3 Å². The fraction of sp³-hybridized carbons (Fsp3) is 0.462. The molecule has 10 nitrogen and oxygen atoms in total. The molecule has 2 atom stereocenters. The summed E-state index contributed by atoms with van der Waals surface area (Å²) in [6.07, 6.45) is 2.37. The summed E-state index contributed by atoms with van der Waals surface area (Å²) in [5, 5.41) is 3.33. The summed E-state index contributed by atoms with van der Waals surface area (Å²) in [7, 11) is -4.79. The number of rotatable bonds is 5. The molecule has 0 spiro atoms. The minimum Gasteiger partial charge on any atom is -0.349 e. The second kappa shape index (κ2) is 6.34. The molecule has 3 heterocycles. The first kappa shape index (κ1) is 16.6. The van der Waals surface area contributed by atoms with Crippen LogP contribution in [0, 0.1) is 0 Å². The third-order valence-electron chi connectivity index (χ3n) is 3.97. The van der Waals surface area contributed by atoms with E-state index in [1.165, 1.54) is 4.90 Å². The Hall–Kier alpha value is -2.24. The summed E-state index contributed by atoms with van der Waals surface area (Å²) < 4.78 is 34.7. The van der Waals surface area contributed by atoms with Crippen molar-refractivity contribution in [2.75, 3.05) is 6.54 Å². The van der Waals surface area contributed by atoms with Gasteiger partial charge in [-0.1, -0.05) is 6.07 Å². The van der Waals surface area contributed by atoms with Crippen LogP contribution in [-0.2, 0) is 26.0 Å². The summed E-state index contributed by atoms with van der Waals surface area (Å²) >= 11 is 0. The zero-order chi connectivity index (χ0) is 17.3. The summed E-state index contributed by atoms with van der Waals surface area (Å²) in [5.74, 6) is -0.346. The number of nitrogens with one attached hydrogen (secondary N) is 1. The number of urea groups is 1. The summed E-state index contributed by atoms with van der Waals surface area (Å²) in [4.78, 5) is 29.9. The molecule has 3 rings (SSSR count). The summed E-state index contributed by atoms with van der Waals surface area (Å²) in [6.45, 7) is 0.392. The van der Waals surface area contributed by atoms with Gasteiger partial charge in [-0.05, 0) is 25.0 Å². The first-order valence-corrected chi connectivity index (χ1v) is 8.66. The van der Waals surface area contributed by atoms with E-state index in [4.69, 9.17) is 4.55 Å². The summed E-state index contributed by atoms with van der Waals surface area (Å²) in [6, 6.07) is 3.34. The first-order chi connectivity index (χ1) is 11.3. The van der Waals surface area contributed by atoms with Gasteiger partial charge >= 0.3 is 16.4 Å². The highest BCUT2D eigenvalue weighted by atomic mass is 32.3. The average Bonchev–Trinajstić information content (AvgIpc) is 2.77. The second-order valence-electron chi connectivity index (χ2n) is 5.55. The minimum atomic E-state index is -4.79. The van der Waals surface area contributed by atoms with Gasteiger partial charge in [-0.25, -0.2) is 4.79 Å². The first-order valence-electron chi connectivity index (χ1n) is 7.29. The number of amides is 3. The number of hydrogen-bond donors (Lipinski definition) is 2. The van der Waals surface area contributed by atoms with Gasteiger partial charge in [0.2, 0.25) is 5.91 Å². The maximum Gasteiger partial charge on any atom is 0.418 e. The van der Waals surface area contributed by atoms with E-state index in [9.17, 15) is 18.0 Å². The molecule has 0 saturated carbocycles. The predicted molar refractivity (Wildman–Crippen MR) is 79.5 cm³/mol. The van der Waals surface area contributed by atoms with Crippen LogP contribution in [0.4, 0.5) is 4.79 Å². The Balaban J connectivity index is 1.64. The molecule has 1 aromatic heterocycles. The van der Waals surface area contributed by atoms with Crippen molar-refractivity contribution < 1.29 is 26.8 Å². The van der Waals surface area contributed by atoms with Gasteiger partial charge in [0.25, 0.3) is 0 Å². The van der Waals surface area contributed by atoms with Crippen molar-refractivity contribution in [3.8, 4) is 0 Å². The Bertz CT molecular complexity index is 740. The van der Waals surface area contributed by atoms with E-state index in [1.807, 2.05) is 0 Å². The number of pyridine rings is 1. The molecule has 3 amide bonds. The van der Waals surface area contributed by atoms with E-state index >= 15 is 0 Å². The van der Waals surface area contributed by atoms with Crippen LogP contribution >= 0.6 is 0 Å². The third kappa shape index (κ3) is 3.47. The molecule has 24 heavy (non-hydrogen) atoms. The lowest BCUT2D eigenvalue weighted by molar-refractivity contribution is -0.126. The molecule has 1 aromatic rings. The van der Waals surface area contributed by atoms with Crippen LogP contribution < -0.4 is 5.32 Å². The van der Waals surface area contributed by atoms with Crippen LogP contribution in [0.3, 0.4) is 0 Å². The standard InChI is InChI=1S/C13H16N4O6S/c18-12(15-7-9-3-1-2-6-14-9)11-5-4-10-8-16(11)13(19)17(10)23-24(20,21)22/h1-3,6,10-11H,4-5,7-8H2,(H,15,18)(H,20,21,22)/t10-,11-/m1/s1. The Kier molecular flexibility index (Phi) is 4.39. The van der Waals surface area contributed by atoms with Crippen molar-refractivity contribution in [1.82, 2.24) is 20.3 Å². The monoisotopic (exact) mass is 356 g/mol. The van der Waals surface area contributed by atoms with E-state index in [-0.39, 0.29) is 19.0 Å². The number of hydroxylamine groups is 2. The maximum absolute atomic E-state index is 12.3. The van der Waals surface area contributed by atoms with Crippen molar-refractivity contribution in [2.24, 2.45) is 0 Å². The molecular weight excluding hydrogens is 340 g/mol. The van der Waals surface area contributed by atoms with E-state index < -0.39 is 28.5 Å². The Morgan fingerprint density at radius 1 is 1.42 bits per heavy atom. The second-order valence-corrected chi connectivity index (χ2v) is 6.55. The third-order valence-corrected chi connectivity index (χ3v) is 4.32. The van der Waals surface area contributed by atoms with Crippen LogP contribution in [-0.4, -0.2) is 58.5 Å². The Labute approximate surface area is 138 Å². The van der Waals surface area contributed by atoms with Gasteiger partial charge in [0, 0.05) is 12.7 Å². The molecule has 2 N–H and O–H groups in total. The van der Waals surface area contributed by atoms with Crippen molar-refractivity contribution in [3.05, 3.63) is 30.1 Å². The average molecular weight is 356 g/mol. The summed E-state index contributed by atoms with van der Waals surface area (Å²) in [5.41, 5.74) is 0.684. The predicted octanol–water partition coefficient (Wildman–Crippen LogP) is -0.299. The molecule has 0 aromatic carbocycles. The SMILES string of the molecule is O=C(NCc1ccccn1)[C@H]1CC[C@@H]2CN1C(=O)N2OS(=O)(=O)O. The van der Waals surface area contributed by atoms with Crippen LogP contribution in [0.1, 0.15) is 18.5 Å². The van der Waals surface area contributed by atoms with Gasteiger partial charge in [-0.15, -0.1) is 4.28 Å². The minimum absolute atomic E-state index is 0.163. The van der Waals surface area contributed by atoms with E-state index in [2.05, 4.69) is 14.6 Å². The van der Waals surface area contributed by atoms with Gasteiger partial charge < -0.3 is 10.2 Å². The molecule has 0 unspecified atom stereocenters. The van der Waals surface area contributed by atoms with Crippen LogP contribution in [0.5, 0.6) is 0 Å². The number of carbonyl (C=O) groups excluding carboxylic acids is 2. The van der Waals surface area contributed by atoms with Gasteiger partial charge in [0.05, 0.1) is 18.3 Å². The quantitative estimate of drug-likeness (QED) is 0.693. The fourth-order valence-electron chi connectivity index (χ4n) is 2.90. The smallest absolute Gasteiger partial charge is 0.349 e. The number of aromatic nitrogens is 1. The van der Waals surface area contributed by atoms with Crippen LogP contribution in [0.2, 0.25) is 0 Å². The highest BCUT2D eigenvalue weighted by Gasteiger charge is 2.49. The molecule has 0 aliphatic carbocycles. The Morgan fingerprint density at radius 3 is 2.88 bits per heavy atom. The zero-order valence-corrected chi connectivity index (χ0v) is 13.3. The normalized spacial score (nSPS) is 23.5. The van der Waals surface area contributed by atoms with Crippen LogP contribution in [0.15, 0.2) is 24.4 Å². The highest BCUT2D eigenvalue weighted by Crippen LogP contribution is 2.30. The maximum atomic E-state index is 12.3. The largest absolute Gasteiger partial charge is 0.418 e. The molecule has 2 aliphatic heterocycles. The lowest BCUT2D eigenvalue weighted by Gasteiger charge is -2.29. The molecule has 0 radical (unpaired) electrons. The van der Waals surface area contributed by atoms with E-state index in [1.54, 1.807) is 24.4 Å². The van der Waals surface area contributed by atoms with Gasteiger partial charge in [-0.2, -0.15) is 13.5 Å². The highest BCUT2D eigenvalue weighted by molar-refractivity contribution is 7.80. The number of carbonyl (C=O) groups is 2. The topological polar surface area (TPSA) is 129 Å². The lowest BCUT2D eigenvalue weighted by atomic mass is 10.0.